The molecule has 3 N–H and O–H groups in total. The number of halogens is 1. The van der Waals surface area contributed by atoms with Crippen LogP contribution >= 0.6 is 12.4 Å². The van der Waals surface area contributed by atoms with E-state index in [0.717, 1.165) is 0 Å². The molecule has 0 fully saturated rings. The Morgan fingerprint density at radius 1 is 1.26 bits per heavy atom. The van der Waals surface area contributed by atoms with E-state index in [-0.39, 0.29) is 30.8 Å². The highest BCUT2D eigenvalue weighted by molar-refractivity contribution is 5.94. The fraction of sp³-hybridized carbons (Fsp3) is 0.385. The first kappa shape index (κ1) is 17.2. The van der Waals surface area contributed by atoms with E-state index in [1.165, 1.54) is 7.11 Å². The minimum Gasteiger partial charge on any atom is -0.469 e. The number of hydrogen-bond donors (Lipinski definition) is 2. The Bertz CT molecular complexity index is 444. The summed E-state index contributed by atoms with van der Waals surface area (Å²) in [6, 6.07) is 6.58. The molecule has 0 aliphatic carbocycles. The van der Waals surface area contributed by atoms with Gasteiger partial charge in [-0.2, -0.15) is 0 Å². The molecule has 0 radical (unpaired) electrons. The molecular formula is C13H19ClN2O3. The normalized spacial score (nSPS) is 10.3. The van der Waals surface area contributed by atoms with Gasteiger partial charge in [-0.3, -0.25) is 9.59 Å². The molecule has 0 aliphatic heterocycles. The summed E-state index contributed by atoms with van der Waals surface area (Å²) in [6.45, 7) is 3.63. The molecule has 0 saturated carbocycles. The van der Waals surface area contributed by atoms with Gasteiger partial charge in [0.15, 0.2) is 0 Å². The van der Waals surface area contributed by atoms with Crippen LogP contribution in [-0.4, -0.2) is 25.5 Å². The molecule has 1 aromatic carbocycles. The molecule has 0 spiro atoms. The SMILES string of the molecule is COC(=O)C(C)(C)CNC(=O)c1ccc(N)cc1.Cl. The molecule has 5 nitrogen and oxygen atoms in total. The van der Waals surface area contributed by atoms with Crippen molar-refractivity contribution in [3.8, 4) is 0 Å². The minimum atomic E-state index is -0.752. The summed E-state index contributed by atoms with van der Waals surface area (Å²) in [7, 11) is 1.33. The number of benzene rings is 1. The van der Waals surface area contributed by atoms with Gasteiger partial charge in [0.2, 0.25) is 0 Å². The van der Waals surface area contributed by atoms with Crippen LogP contribution in [0.25, 0.3) is 0 Å². The lowest BCUT2D eigenvalue weighted by Crippen LogP contribution is -2.39. The van der Waals surface area contributed by atoms with Gasteiger partial charge in [-0.15, -0.1) is 12.4 Å². The van der Waals surface area contributed by atoms with E-state index in [1.54, 1.807) is 38.1 Å². The molecule has 1 amide bonds. The van der Waals surface area contributed by atoms with Crippen molar-refractivity contribution in [3.05, 3.63) is 29.8 Å². The maximum absolute atomic E-state index is 11.8. The number of amides is 1. The van der Waals surface area contributed by atoms with Crippen molar-refractivity contribution in [2.45, 2.75) is 13.8 Å². The monoisotopic (exact) mass is 286 g/mol. The largest absolute Gasteiger partial charge is 0.469 e. The van der Waals surface area contributed by atoms with Crippen LogP contribution in [0, 0.1) is 5.41 Å². The number of carbonyl (C=O) groups excluding carboxylic acids is 2. The van der Waals surface area contributed by atoms with E-state index in [4.69, 9.17) is 5.73 Å². The van der Waals surface area contributed by atoms with E-state index >= 15 is 0 Å². The van der Waals surface area contributed by atoms with Crippen molar-refractivity contribution in [1.82, 2.24) is 5.32 Å². The lowest BCUT2D eigenvalue weighted by molar-refractivity contribution is -0.150. The van der Waals surface area contributed by atoms with E-state index < -0.39 is 5.41 Å². The number of methoxy groups -OCH3 is 1. The summed E-state index contributed by atoms with van der Waals surface area (Å²) < 4.78 is 4.66. The highest BCUT2D eigenvalue weighted by atomic mass is 35.5. The zero-order valence-electron chi connectivity index (χ0n) is 11.2. The second-order valence-corrected chi connectivity index (χ2v) is 4.68. The molecule has 1 aromatic rings. The van der Waals surface area contributed by atoms with Gasteiger partial charge in [0.1, 0.15) is 0 Å². The van der Waals surface area contributed by atoms with Crippen LogP contribution < -0.4 is 11.1 Å². The fourth-order valence-corrected chi connectivity index (χ4v) is 1.39. The highest BCUT2D eigenvalue weighted by Gasteiger charge is 2.29. The number of rotatable bonds is 4. The predicted octanol–water partition coefficient (Wildman–Crippen LogP) is 1.62. The Morgan fingerprint density at radius 3 is 2.26 bits per heavy atom. The second-order valence-electron chi connectivity index (χ2n) is 4.68. The van der Waals surface area contributed by atoms with Gasteiger partial charge in [0.25, 0.3) is 5.91 Å². The molecular weight excluding hydrogens is 268 g/mol. The second kappa shape index (κ2) is 6.99. The van der Waals surface area contributed by atoms with Crippen molar-refractivity contribution in [2.75, 3.05) is 19.4 Å². The third-order valence-corrected chi connectivity index (χ3v) is 2.60. The van der Waals surface area contributed by atoms with Gasteiger partial charge in [0.05, 0.1) is 12.5 Å². The molecule has 0 heterocycles. The third kappa shape index (κ3) is 4.79. The van der Waals surface area contributed by atoms with Crippen molar-refractivity contribution >= 4 is 30.0 Å². The average Bonchev–Trinajstić information content (AvgIpc) is 2.35. The lowest BCUT2D eigenvalue weighted by Gasteiger charge is -2.21. The van der Waals surface area contributed by atoms with Gasteiger partial charge >= 0.3 is 5.97 Å². The van der Waals surface area contributed by atoms with Gasteiger partial charge in [-0.1, -0.05) is 0 Å². The molecule has 0 unspecified atom stereocenters. The van der Waals surface area contributed by atoms with Crippen LogP contribution in [0.3, 0.4) is 0 Å². The van der Waals surface area contributed by atoms with Gasteiger partial charge < -0.3 is 15.8 Å². The summed E-state index contributed by atoms with van der Waals surface area (Å²) >= 11 is 0. The summed E-state index contributed by atoms with van der Waals surface area (Å²) in [6.07, 6.45) is 0. The lowest BCUT2D eigenvalue weighted by atomic mass is 9.93. The summed E-state index contributed by atoms with van der Waals surface area (Å²) in [5.74, 6) is -0.605. The minimum absolute atomic E-state index is 0. The van der Waals surface area contributed by atoms with Gasteiger partial charge in [-0.05, 0) is 38.1 Å². The molecule has 6 heteroatoms. The van der Waals surface area contributed by atoms with Crippen molar-refractivity contribution in [3.63, 3.8) is 0 Å². The van der Waals surface area contributed by atoms with E-state index in [1.807, 2.05) is 0 Å². The Hall–Kier alpha value is -1.75. The van der Waals surface area contributed by atoms with Crippen LogP contribution in [0.1, 0.15) is 24.2 Å². The number of esters is 1. The predicted molar refractivity (Wildman–Crippen MR) is 76.2 cm³/mol. The zero-order chi connectivity index (χ0) is 13.8. The summed E-state index contributed by atoms with van der Waals surface area (Å²) in [4.78, 5) is 23.2. The molecule has 1 rings (SSSR count). The quantitative estimate of drug-likeness (QED) is 0.651. The maximum Gasteiger partial charge on any atom is 0.313 e. The Kier molecular flexibility index (Phi) is 6.35. The number of anilines is 1. The number of nitrogen functional groups attached to an aromatic ring is 1. The highest BCUT2D eigenvalue weighted by Crippen LogP contribution is 2.15. The van der Waals surface area contributed by atoms with Crippen LogP contribution in [0.4, 0.5) is 5.69 Å². The van der Waals surface area contributed by atoms with E-state index in [2.05, 4.69) is 10.1 Å². The first-order valence-corrected chi connectivity index (χ1v) is 5.59. The molecule has 19 heavy (non-hydrogen) atoms. The smallest absolute Gasteiger partial charge is 0.313 e. The standard InChI is InChI=1S/C13H18N2O3.ClH/c1-13(2,12(17)18-3)8-15-11(16)9-4-6-10(14)7-5-9;/h4-7H,8,14H2,1-3H3,(H,15,16);1H. The number of nitrogens with two attached hydrogens (primary N) is 1. The van der Waals surface area contributed by atoms with Crippen molar-refractivity contribution in [1.29, 1.82) is 0 Å². The average molecular weight is 287 g/mol. The van der Waals surface area contributed by atoms with Gasteiger partial charge in [-0.25, -0.2) is 0 Å². The molecule has 106 valence electrons. The molecule has 0 bridgehead atoms. The first-order valence-electron chi connectivity index (χ1n) is 5.59. The van der Waals surface area contributed by atoms with Crippen molar-refractivity contribution < 1.29 is 14.3 Å². The maximum atomic E-state index is 11.8. The Labute approximate surface area is 118 Å². The molecule has 0 aliphatic rings. The number of ether oxygens (including phenoxy) is 1. The molecule has 0 aromatic heterocycles. The number of hydrogen-bond acceptors (Lipinski definition) is 4. The van der Waals surface area contributed by atoms with Crippen molar-refractivity contribution in [2.24, 2.45) is 5.41 Å². The molecule has 0 saturated heterocycles. The Morgan fingerprint density at radius 2 is 1.79 bits per heavy atom. The first-order chi connectivity index (χ1) is 8.36. The summed E-state index contributed by atoms with van der Waals surface area (Å²) in [5.41, 5.74) is 5.89. The van der Waals surface area contributed by atoms with Crippen LogP contribution in [0.15, 0.2) is 24.3 Å². The number of carbonyl (C=O) groups is 2. The van der Waals surface area contributed by atoms with Gasteiger partial charge in [0, 0.05) is 17.8 Å². The van der Waals surface area contributed by atoms with Crippen LogP contribution in [0.2, 0.25) is 0 Å². The van der Waals surface area contributed by atoms with Crippen LogP contribution in [0.5, 0.6) is 0 Å². The summed E-state index contributed by atoms with van der Waals surface area (Å²) in [5, 5.41) is 2.69. The van der Waals surface area contributed by atoms with Crippen LogP contribution in [-0.2, 0) is 9.53 Å². The molecule has 0 atom stereocenters. The van der Waals surface area contributed by atoms with E-state index in [0.29, 0.717) is 11.3 Å². The fourth-order valence-electron chi connectivity index (χ4n) is 1.39. The number of nitrogens with one attached hydrogen (secondary N) is 1. The third-order valence-electron chi connectivity index (χ3n) is 2.60. The van der Waals surface area contributed by atoms with E-state index in [9.17, 15) is 9.59 Å². The Balaban J connectivity index is 0.00000324. The topological polar surface area (TPSA) is 81.4 Å². The zero-order valence-corrected chi connectivity index (χ0v) is 12.0.